The Labute approximate surface area is 216 Å². The van der Waals surface area contributed by atoms with Gasteiger partial charge in [0.1, 0.15) is 0 Å². The van der Waals surface area contributed by atoms with E-state index in [1.165, 1.54) is 17.7 Å². The van der Waals surface area contributed by atoms with Crippen LogP contribution in [0.3, 0.4) is 0 Å². The number of likely N-dealkylation sites (tertiary alicyclic amines) is 1. The van der Waals surface area contributed by atoms with E-state index in [0.29, 0.717) is 29.3 Å². The van der Waals surface area contributed by atoms with Gasteiger partial charge >= 0.3 is 12.4 Å². The molecule has 2 aromatic carbocycles. The van der Waals surface area contributed by atoms with Crippen molar-refractivity contribution < 1.29 is 31.4 Å². The summed E-state index contributed by atoms with van der Waals surface area (Å²) >= 11 is 0. The van der Waals surface area contributed by atoms with Crippen LogP contribution in [0.1, 0.15) is 29.5 Å². The lowest BCUT2D eigenvalue weighted by Gasteiger charge is -2.38. The molecule has 0 radical (unpaired) electrons. The normalized spacial score (nSPS) is 17.6. The lowest BCUT2D eigenvalue weighted by Crippen LogP contribution is -2.53. The number of aromatic nitrogens is 1. The Bertz CT molecular complexity index is 1240. The van der Waals surface area contributed by atoms with Crippen molar-refractivity contribution in [2.45, 2.75) is 49.8 Å². The predicted octanol–water partition coefficient (Wildman–Crippen LogP) is 6.09. The van der Waals surface area contributed by atoms with Crippen LogP contribution in [0, 0.1) is 0 Å². The molecule has 0 aliphatic carbocycles. The second-order valence-corrected chi connectivity index (χ2v) is 9.93. The third-order valence-electron chi connectivity index (χ3n) is 7.62. The minimum absolute atomic E-state index is 0.414. The summed E-state index contributed by atoms with van der Waals surface area (Å²) in [6, 6.07) is 14.0. The average Bonchev–Trinajstić information content (AvgIpc) is 3.31. The molecule has 1 saturated heterocycles. The Balaban J connectivity index is 1.28. The van der Waals surface area contributed by atoms with Crippen LogP contribution in [0.25, 0.3) is 11.1 Å². The number of nitrogens with zero attached hydrogens (tertiary/aromatic N) is 3. The Hall–Kier alpha value is -3.11. The molecule has 1 aromatic heterocycles. The lowest BCUT2D eigenvalue weighted by molar-refractivity contribution is -0.376. The highest BCUT2D eigenvalue weighted by Crippen LogP contribution is 2.50. The summed E-state index contributed by atoms with van der Waals surface area (Å²) in [6.45, 7) is 3.76. The molecule has 0 bridgehead atoms. The Morgan fingerprint density at radius 3 is 2.00 bits per heavy atom. The molecule has 2 aliphatic heterocycles. The van der Waals surface area contributed by atoms with Crippen LogP contribution in [0.5, 0.6) is 0 Å². The molecule has 0 amide bonds. The fourth-order valence-electron chi connectivity index (χ4n) is 5.51. The molecule has 2 aliphatic rings. The molecular formula is C28H27F6N3O. The van der Waals surface area contributed by atoms with Gasteiger partial charge in [0.25, 0.3) is 5.60 Å². The van der Waals surface area contributed by atoms with Crippen molar-refractivity contribution in [3.05, 3.63) is 83.7 Å². The summed E-state index contributed by atoms with van der Waals surface area (Å²) in [5, 5.41) is 9.63. The van der Waals surface area contributed by atoms with Gasteiger partial charge in [0.2, 0.25) is 0 Å². The highest BCUT2D eigenvalue weighted by atomic mass is 19.4. The number of fused-ring (bicyclic) bond motifs is 1. The van der Waals surface area contributed by atoms with Gasteiger partial charge in [-0.1, -0.05) is 30.3 Å². The molecule has 202 valence electrons. The third-order valence-corrected chi connectivity index (χ3v) is 7.62. The zero-order chi connectivity index (χ0) is 27.1. The largest absolute Gasteiger partial charge is 0.430 e. The highest BCUT2D eigenvalue weighted by molar-refractivity contribution is 5.71. The van der Waals surface area contributed by atoms with Crippen LogP contribution in [0.15, 0.2) is 67.0 Å². The number of anilines is 1. The topological polar surface area (TPSA) is 39.6 Å². The van der Waals surface area contributed by atoms with Crippen molar-refractivity contribution in [2.24, 2.45) is 0 Å². The van der Waals surface area contributed by atoms with E-state index in [0.717, 1.165) is 56.7 Å². The molecule has 1 fully saturated rings. The summed E-state index contributed by atoms with van der Waals surface area (Å²) in [6.07, 6.45) is -5.31. The van der Waals surface area contributed by atoms with E-state index >= 15 is 0 Å². The van der Waals surface area contributed by atoms with Gasteiger partial charge < -0.3 is 10.0 Å². The number of alkyl halides is 6. The molecule has 3 heterocycles. The van der Waals surface area contributed by atoms with E-state index in [4.69, 9.17) is 0 Å². The monoisotopic (exact) mass is 535 g/mol. The molecule has 10 heteroatoms. The average molecular weight is 536 g/mol. The fourth-order valence-corrected chi connectivity index (χ4v) is 5.51. The van der Waals surface area contributed by atoms with Crippen molar-refractivity contribution in [3.8, 4) is 11.1 Å². The summed E-state index contributed by atoms with van der Waals surface area (Å²) in [5.41, 5.74) is -1.53. The number of rotatable bonds is 5. The first-order valence-corrected chi connectivity index (χ1v) is 12.4. The molecule has 38 heavy (non-hydrogen) atoms. The van der Waals surface area contributed by atoms with Gasteiger partial charge in [-0.3, -0.25) is 9.88 Å². The van der Waals surface area contributed by atoms with Crippen molar-refractivity contribution in [1.82, 2.24) is 9.88 Å². The Morgan fingerprint density at radius 2 is 1.39 bits per heavy atom. The number of benzene rings is 2. The molecule has 0 spiro atoms. The summed E-state index contributed by atoms with van der Waals surface area (Å²) in [5.74, 6) is 0. The molecule has 3 aromatic rings. The molecule has 0 unspecified atom stereocenters. The number of piperidine rings is 1. The molecule has 4 nitrogen and oxygen atoms in total. The summed E-state index contributed by atoms with van der Waals surface area (Å²) < 4.78 is 79.1. The standard InChI is InChI=1S/C28H27F6N3O/c29-27(30,31)26(38,28(32,33)34)23-4-1-20(2-5-23)21-3-6-25-22(17-21)9-16-37(25)24-10-14-36(15-11-24)18-19-7-12-35-13-8-19/h1-8,12-13,17,24,38H,9-11,14-16,18H2. The fraction of sp³-hybridized carbons (Fsp3) is 0.393. The second-order valence-electron chi connectivity index (χ2n) is 9.93. The lowest BCUT2D eigenvalue weighted by atomic mass is 9.90. The minimum atomic E-state index is -5.90. The number of hydrogen-bond donors (Lipinski definition) is 1. The number of pyridine rings is 1. The summed E-state index contributed by atoms with van der Waals surface area (Å²) in [4.78, 5) is 8.92. The van der Waals surface area contributed by atoms with Crippen LogP contribution >= 0.6 is 0 Å². The quantitative estimate of drug-likeness (QED) is 0.402. The van der Waals surface area contributed by atoms with Crippen LogP contribution in [-0.2, 0) is 18.6 Å². The highest BCUT2D eigenvalue weighted by Gasteiger charge is 2.71. The number of halogens is 6. The first-order valence-electron chi connectivity index (χ1n) is 12.4. The number of hydrogen-bond acceptors (Lipinski definition) is 4. The SMILES string of the molecule is OC(c1ccc(-c2ccc3c(c2)CCN3C2CCN(Cc3ccncc3)CC2)cc1)(C(F)(F)F)C(F)(F)F. The van der Waals surface area contributed by atoms with E-state index < -0.39 is 23.5 Å². The Morgan fingerprint density at radius 1 is 0.789 bits per heavy atom. The van der Waals surface area contributed by atoms with E-state index in [1.54, 1.807) is 12.4 Å². The maximum Gasteiger partial charge on any atom is 0.430 e. The van der Waals surface area contributed by atoms with Crippen LogP contribution < -0.4 is 4.90 Å². The van der Waals surface area contributed by atoms with Gasteiger partial charge in [0.15, 0.2) is 0 Å². The van der Waals surface area contributed by atoms with Gasteiger partial charge in [-0.2, -0.15) is 26.3 Å². The zero-order valence-corrected chi connectivity index (χ0v) is 20.4. The van der Waals surface area contributed by atoms with Crippen LogP contribution in [0.2, 0.25) is 0 Å². The molecule has 5 rings (SSSR count). The molecule has 0 saturated carbocycles. The maximum atomic E-state index is 13.2. The van der Waals surface area contributed by atoms with E-state index in [2.05, 4.69) is 14.8 Å². The molecular weight excluding hydrogens is 508 g/mol. The Kier molecular flexibility index (Phi) is 6.89. The smallest absolute Gasteiger partial charge is 0.369 e. The van der Waals surface area contributed by atoms with Crippen molar-refractivity contribution in [1.29, 1.82) is 0 Å². The molecule has 0 atom stereocenters. The summed E-state index contributed by atoms with van der Waals surface area (Å²) in [7, 11) is 0. The second kappa shape index (κ2) is 9.89. The first kappa shape index (κ1) is 26.5. The first-order chi connectivity index (χ1) is 18.0. The number of aliphatic hydroxyl groups is 1. The van der Waals surface area contributed by atoms with Crippen molar-refractivity contribution >= 4 is 5.69 Å². The zero-order valence-electron chi connectivity index (χ0n) is 20.4. The minimum Gasteiger partial charge on any atom is -0.369 e. The van der Waals surface area contributed by atoms with Gasteiger partial charge in [0.05, 0.1) is 0 Å². The van der Waals surface area contributed by atoms with Crippen molar-refractivity contribution in [2.75, 3.05) is 24.5 Å². The van der Waals surface area contributed by atoms with Gasteiger partial charge in [-0.15, -0.1) is 0 Å². The van der Waals surface area contributed by atoms with Crippen molar-refractivity contribution in [3.63, 3.8) is 0 Å². The van der Waals surface area contributed by atoms with E-state index in [-0.39, 0.29) is 0 Å². The molecule has 1 N–H and O–H groups in total. The predicted molar refractivity (Wildman–Crippen MR) is 131 cm³/mol. The third kappa shape index (κ3) is 4.87. The van der Waals surface area contributed by atoms with Gasteiger partial charge in [0, 0.05) is 55.9 Å². The van der Waals surface area contributed by atoms with Crippen LogP contribution in [-0.4, -0.2) is 53.0 Å². The van der Waals surface area contributed by atoms with Gasteiger partial charge in [-0.25, -0.2) is 0 Å². The van der Waals surface area contributed by atoms with E-state index in [9.17, 15) is 31.4 Å². The maximum absolute atomic E-state index is 13.2. The van der Waals surface area contributed by atoms with E-state index in [1.807, 2.05) is 30.3 Å². The van der Waals surface area contributed by atoms with Gasteiger partial charge in [-0.05, 0) is 65.8 Å². The van der Waals surface area contributed by atoms with Crippen LogP contribution in [0.4, 0.5) is 32.0 Å².